The molecule has 0 aromatic heterocycles. The molecule has 1 aromatic carbocycles. The first kappa shape index (κ1) is 24.1. The van der Waals surface area contributed by atoms with Crippen LogP contribution in [0.25, 0.3) is 0 Å². The van der Waals surface area contributed by atoms with E-state index >= 15 is 0 Å². The lowest BCUT2D eigenvalue weighted by molar-refractivity contribution is -0.153. The van der Waals surface area contributed by atoms with Crippen LogP contribution in [0, 0.1) is 5.92 Å². The summed E-state index contributed by atoms with van der Waals surface area (Å²) in [4.78, 5) is 45.7. The zero-order chi connectivity index (χ0) is 24.0. The van der Waals surface area contributed by atoms with E-state index < -0.39 is 23.8 Å². The zero-order valence-electron chi connectivity index (χ0n) is 19.1. The molecule has 2 heterocycles. The molecular formula is C22H30N4O7. The second kappa shape index (κ2) is 10.9. The summed E-state index contributed by atoms with van der Waals surface area (Å²) < 4.78 is 15.6. The normalized spacial score (nSPS) is 20.6. The van der Waals surface area contributed by atoms with Crippen LogP contribution in [0.3, 0.4) is 0 Å². The van der Waals surface area contributed by atoms with Crippen molar-refractivity contribution >= 4 is 23.9 Å². The molecule has 11 nitrogen and oxygen atoms in total. The number of esters is 1. The van der Waals surface area contributed by atoms with E-state index in [9.17, 15) is 19.5 Å². The Morgan fingerprint density at radius 3 is 2.42 bits per heavy atom. The molecule has 0 aliphatic carbocycles. The standard InChI is InChI=1S/C22H30N4O7/c1-4-31-16-13-14(7-8-15(16)27)18-17(20(29)32-5-2)19(28)24-21(23-18)25-9-11-26(12-10-25)22(30)33-6-3/h7-8,13,17-18,27H,4-6,9-12H2,1-3H3,(H,23,24,28)/t17-,18+/m1/s1. The number of benzene rings is 1. The molecule has 1 saturated heterocycles. The van der Waals surface area contributed by atoms with E-state index in [1.165, 1.54) is 6.07 Å². The van der Waals surface area contributed by atoms with E-state index in [0.717, 1.165) is 0 Å². The minimum atomic E-state index is -1.19. The predicted octanol–water partition coefficient (Wildman–Crippen LogP) is 1.27. The van der Waals surface area contributed by atoms with Crippen molar-refractivity contribution in [1.29, 1.82) is 0 Å². The summed E-state index contributed by atoms with van der Waals surface area (Å²) in [5.74, 6) is -1.88. The van der Waals surface area contributed by atoms with Crippen molar-refractivity contribution in [1.82, 2.24) is 15.1 Å². The number of phenols is 1. The van der Waals surface area contributed by atoms with Crippen molar-refractivity contribution < 1.29 is 33.7 Å². The molecule has 2 aliphatic heterocycles. The number of rotatable bonds is 6. The van der Waals surface area contributed by atoms with E-state index in [-0.39, 0.29) is 24.2 Å². The molecule has 2 atom stereocenters. The van der Waals surface area contributed by atoms with Crippen molar-refractivity contribution in [3.8, 4) is 11.5 Å². The van der Waals surface area contributed by atoms with Gasteiger partial charge in [0.15, 0.2) is 17.4 Å². The van der Waals surface area contributed by atoms with Crippen molar-refractivity contribution in [3.05, 3.63) is 23.8 Å². The topological polar surface area (TPSA) is 130 Å². The molecule has 1 aromatic rings. The largest absolute Gasteiger partial charge is 0.504 e. The number of nitrogens with zero attached hydrogens (tertiary/aromatic N) is 3. The molecular weight excluding hydrogens is 432 g/mol. The highest BCUT2D eigenvalue weighted by atomic mass is 16.6. The Labute approximate surface area is 192 Å². The summed E-state index contributed by atoms with van der Waals surface area (Å²) in [5.41, 5.74) is 0.534. The first-order chi connectivity index (χ1) is 15.9. The highest BCUT2D eigenvalue weighted by Crippen LogP contribution is 2.36. The molecule has 2 aliphatic rings. The van der Waals surface area contributed by atoms with Crippen LogP contribution in [-0.4, -0.2) is 84.8 Å². The maximum atomic E-state index is 13.0. The second-order valence-corrected chi connectivity index (χ2v) is 7.45. The Bertz CT molecular complexity index is 912. The van der Waals surface area contributed by atoms with Gasteiger partial charge < -0.3 is 29.1 Å². The van der Waals surface area contributed by atoms with Gasteiger partial charge in [0.05, 0.1) is 19.8 Å². The SMILES string of the molecule is CCOC(=O)[C@H]1C(=O)NC(N2CCN(C(=O)OCC)CC2)=N[C@H]1c1ccc(O)c(OCC)c1. The molecule has 1 fully saturated rings. The number of amides is 2. The Morgan fingerprint density at radius 1 is 1.09 bits per heavy atom. The summed E-state index contributed by atoms with van der Waals surface area (Å²) in [5, 5.41) is 12.8. The van der Waals surface area contributed by atoms with Crippen LogP contribution in [0.2, 0.25) is 0 Å². The number of hydrogen-bond donors (Lipinski definition) is 2. The third-order valence-electron chi connectivity index (χ3n) is 5.37. The highest BCUT2D eigenvalue weighted by Gasteiger charge is 2.42. The maximum Gasteiger partial charge on any atom is 0.409 e. The van der Waals surface area contributed by atoms with Gasteiger partial charge in [0.2, 0.25) is 11.9 Å². The van der Waals surface area contributed by atoms with Crippen molar-refractivity contribution in [3.63, 3.8) is 0 Å². The molecule has 2 amide bonds. The Balaban J connectivity index is 1.89. The van der Waals surface area contributed by atoms with E-state index in [0.29, 0.717) is 50.9 Å². The van der Waals surface area contributed by atoms with Gasteiger partial charge in [-0.3, -0.25) is 14.9 Å². The minimum absolute atomic E-state index is 0.0483. The quantitative estimate of drug-likeness (QED) is 0.478. The predicted molar refractivity (Wildman–Crippen MR) is 118 cm³/mol. The van der Waals surface area contributed by atoms with Crippen molar-refractivity contribution in [2.45, 2.75) is 26.8 Å². The van der Waals surface area contributed by atoms with Crippen LogP contribution >= 0.6 is 0 Å². The number of ether oxygens (including phenoxy) is 3. The molecule has 2 N–H and O–H groups in total. The summed E-state index contributed by atoms with van der Waals surface area (Å²) in [7, 11) is 0. The van der Waals surface area contributed by atoms with E-state index in [1.54, 1.807) is 37.8 Å². The highest BCUT2D eigenvalue weighted by molar-refractivity contribution is 6.08. The molecule has 33 heavy (non-hydrogen) atoms. The number of guanidine groups is 1. The van der Waals surface area contributed by atoms with Crippen LogP contribution < -0.4 is 10.1 Å². The molecule has 180 valence electrons. The van der Waals surface area contributed by atoms with E-state index in [1.807, 2.05) is 4.90 Å². The van der Waals surface area contributed by atoms with Gasteiger partial charge in [0.1, 0.15) is 6.04 Å². The van der Waals surface area contributed by atoms with Gasteiger partial charge in [-0.2, -0.15) is 0 Å². The number of aliphatic imine (C=N–C) groups is 1. The van der Waals surface area contributed by atoms with Gasteiger partial charge in [-0.05, 0) is 38.5 Å². The second-order valence-electron chi connectivity index (χ2n) is 7.45. The number of phenolic OH excluding ortho intramolecular Hbond substituents is 1. The smallest absolute Gasteiger partial charge is 0.409 e. The lowest BCUT2D eigenvalue weighted by Gasteiger charge is -2.38. The van der Waals surface area contributed by atoms with Crippen molar-refractivity contribution in [2.24, 2.45) is 10.9 Å². The average Bonchev–Trinajstić information content (AvgIpc) is 2.80. The third-order valence-corrected chi connectivity index (χ3v) is 5.37. The fourth-order valence-corrected chi connectivity index (χ4v) is 3.77. The van der Waals surface area contributed by atoms with Gasteiger partial charge in [0, 0.05) is 26.2 Å². The first-order valence-corrected chi connectivity index (χ1v) is 11.1. The number of hydrogen-bond acceptors (Lipinski definition) is 9. The van der Waals surface area contributed by atoms with Crippen molar-refractivity contribution in [2.75, 3.05) is 46.0 Å². The van der Waals surface area contributed by atoms with Crippen LogP contribution in [0.1, 0.15) is 32.4 Å². The maximum absolute atomic E-state index is 13.0. The number of carbonyl (C=O) groups is 3. The fraction of sp³-hybridized carbons (Fsp3) is 0.545. The van der Waals surface area contributed by atoms with Gasteiger partial charge in [-0.1, -0.05) is 6.07 Å². The van der Waals surface area contributed by atoms with Gasteiger partial charge in [-0.25, -0.2) is 9.79 Å². The lowest BCUT2D eigenvalue weighted by atomic mass is 9.91. The zero-order valence-corrected chi connectivity index (χ0v) is 19.1. The molecule has 0 spiro atoms. The molecule has 0 radical (unpaired) electrons. The monoisotopic (exact) mass is 462 g/mol. The summed E-state index contributed by atoms with van der Waals surface area (Å²) in [6.07, 6.45) is -0.375. The molecule has 0 saturated carbocycles. The van der Waals surface area contributed by atoms with Crippen LogP contribution in [0.15, 0.2) is 23.2 Å². The summed E-state index contributed by atoms with van der Waals surface area (Å²) in [6.45, 7) is 7.66. The third kappa shape index (κ3) is 5.47. The Morgan fingerprint density at radius 2 is 1.79 bits per heavy atom. The van der Waals surface area contributed by atoms with E-state index in [2.05, 4.69) is 10.3 Å². The number of carbonyl (C=O) groups excluding carboxylic acids is 3. The molecule has 0 bridgehead atoms. The minimum Gasteiger partial charge on any atom is -0.504 e. The number of nitrogens with one attached hydrogen (secondary N) is 1. The number of piperazine rings is 1. The molecule has 11 heteroatoms. The van der Waals surface area contributed by atoms with Crippen LogP contribution in [0.5, 0.6) is 11.5 Å². The van der Waals surface area contributed by atoms with Gasteiger partial charge >= 0.3 is 12.1 Å². The Hall–Kier alpha value is -3.50. The first-order valence-electron chi connectivity index (χ1n) is 11.1. The average molecular weight is 463 g/mol. The Kier molecular flexibility index (Phi) is 7.96. The van der Waals surface area contributed by atoms with Crippen LogP contribution in [0.4, 0.5) is 4.79 Å². The van der Waals surface area contributed by atoms with E-state index in [4.69, 9.17) is 14.2 Å². The number of aromatic hydroxyl groups is 1. The fourth-order valence-electron chi connectivity index (χ4n) is 3.77. The van der Waals surface area contributed by atoms with Gasteiger partial charge in [-0.15, -0.1) is 0 Å². The summed E-state index contributed by atoms with van der Waals surface area (Å²) >= 11 is 0. The molecule has 0 unspecified atom stereocenters. The summed E-state index contributed by atoms with van der Waals surface area (Å²) in [6, 6.07) is 3.76. The van der Waals surface area contributed by atoms with Gasteiger partial charge in [0.25, 0.3) is 0 Å². The molecule has 3 rings (SSSR count). The van der Waals surface area contributed by atoms with Crippen LogP contribution in [-0.2, 0) is 19.1 Å². The lowest BCUT2D eigenvalue weighted by Crippen LogP contribution is -2.58.